The van der Waals surface area contributed by atoms with Crippen molar-refractivity contribution in [1.82, 2.24) is 19.2 Å². The third kappa shape index (κ3) is 7.95. The Hall–Kier alpha value is -3.42. The molecule has 2 aromatic carbocycles. The zero-order valence-corrected chi connectivity index (χ0v) is 26.6. The lowest BCUT2D eigenvalue weighted by Crippen LogP contribution is -2.49. The maximum absolute atomic E-state index is 13.0. The fraction of sp³-hybridized carbons (Fsp3) is 0.367. The minimum atomic E-state index is -1.67. The quantitative estimate of drug-likeness (QED) is 0.265. The Labute approximate surface area is 261 Å². The minimum Gasteiger partial charge on any atom is -0.444 e. The first kappa shape index (κ1) is 32.5. The van der Waals surface area contributed by atoms with Crippen LogP contribution in [0.3, 0.4) is 0 Å². The Morgan fingerprint density at radius 2 is 1.79 bits per heavy atom. The van der Waals surface area contributed by atoms with Crippen LogP contribution in [0.4, 0.5) is 10.5 Å². The Balaban J connectivity index is 0.00000207. The summed E-state index contributed by atoms with van der Waals surface area (Å²) in [5, 5.41) is 23.8. The highest BCUT2D eigenvalue weighted by Crippen LogP contribution is 2.30. The smallest absolute Gasteiger partial charge is 0.444 e. The van der Waals surface area contributed by atoms with Crippen molar-refractivity contribution in [3.8, 4) is 11.3 Å². The fourth-order valence-electron chi connectivity index (χ4n) is 4.60. The Morgan fingerprint density at radius 3 is 2.44 bits per heavy atom. The second kappa shape index (κ2) is 13.9. The number of hydrogen-bond acceptors (Lipinski definition) is 8. The van der Waals surface area contributed by atoms with E-state index in [0.29, 0.717) is 31.0 Å². The van der Waals surface area contributed by atoms with Gasteiger partial charge in [-0.25, -0.2) is 9.78 Å². The van der Waals surface area contributed by atoms with E-state index >= 15 is 0 Å². The van der Waals surface area contributed by atoms with Crippen LogP contribution in [0, 0.1) is 0 Å². The van der Waals surface area contributed by atoms with Gasteiger partial charge in [0.1, 0.15) is 5.60 Å². The lowest BCUT2D eigenvalue weighted by molar-refractivity contribution is 0.0138. The molecule has 0 bridgehead atoms. The molecule has 0 saturated carbocycles. The van der Waals surface area contributed by atoms with E-state index in [-0.39, 0.29) is 22.1 Å². The summed E-state index contributed by atoms with van der Waals surface area (Å²) in [6.45, 7) is 13.0. The van der Waals surface area contributed by atoms with Gasteiger partial charge >= 0.3 is 13.2 Å². The summed E-state index contributed by atoms with van der Waals surface area (Å²) in [4.78, 5) is 35.2. The molecule has 3 heterocycles. The van der Waals surface area contributed by atoms with Crippen LogP contribution in [0.1, 0.15) is 50.7 Å². The second-order valence-electron chi connectivity index (χ2n) is 10.9. The number of halogens is 1. The molecule has 43 heavy (non-hydrogen) atoms. The average Bonchev–Trinajstić information content (AvgIpc) is 3.55. The number of hydrogen-bond donors (Lipinski definition) is 3. The molecule has 0 aliphatic carbocycles. The standard InChI is InChI=1S/C28H31BClN5O5S.C2H6/c1-28(2,3)40-27(37)34-12-10-33(11-13-34)15-19-17-41-26-32-24(16-35(19)26)21-6-4-5-7-23(21)31-25(36)20-9-8-18(29(38)39)14-22(20)30;1-2/h4-9,14,16-17,38-39H,10-13,15H2,1-3H3,(H,31,36);1-2H3. The highest BCUT2D eigenvalue weighted by molar-refractivity contribution is 7.15. The molecule has 1 fully saturated rings. The van der Waals surface area contributed by atoms with Gasteiger partial charge in [-0.2, -0.15) is 0 Å². The molecule has 1 aliphatic heterocycles. The first-order valence-corrected chi connectivity index (χ1v) is 15.5. The zero-order chi connectivity index (χ0) is 31.3. The van der Waals surface area contributed by atoms with Gasteiger partial charge in [-0.05, 0) is 44.4 Å². The van der Waals surface area contributed by atoms with E-state index in [0.717, 1.165) is 29.3 Å². The molecule has 0 radical (unpaired) electrons. The fourth-order valence-corrected chi connectivity index (χ4v) is 5.74. The number of imidazole rings is 1. The third-order valence-corrected chi connectivity index (χ3v) is 7.88. The van der Waals surface area contributed by atoms with E-state index in [9.17, 15) is 19.6 Å². The number of anilines is 1. The van der Waals surface area contributed by atoms with Gasteiger partial charge in [-0.3, -0.25) is 14.1 Å². The number of para-hydroxylation sites is 1. The van der Waals surface area contributed by atoms with Gasteiger partial charge in [0, 0.05) is 55.6 Å². The summed E-state index contributed by atoms with van der Waals surface area (Å²) in [5.41, 5.74) is 3.04. The van der Waals surface area contributed by atoms with E-state index in [1.807, 2.05) is 59.0 Å². The number of piperazine rings is 1. The van der Waals surface area contributed by atoms with Crippen LogP contribution in [-0.2, 0) is 11.3 Å². The number of carbonyl (C=O) groups is 2. The number of thiazole rings is 1. The maximum atomic E-state index is 13.0. The molecular weight excluding hydrogens is 589 g/mol. The maximum Gasteiger partial charge on any atom is 0.488 e. The summed E-state index contributed by atoms with van der Waals surface area (Å²) in [5.74, 6) is -0.423. The number of aromatic nitrogens is 2. The van der Waals surface area contributed by atoms with Crippen LogP contribution in [-0.4, -0.2) is 80.1 Å². The van der Waals surface area contributed by atoms with Gasteiger partial charge in [-0.1, -0.05) is 49.7 Å². The predicted molar refractivity (Wildman–Crippen MR) is 172 cm³/mol. The number of amides is 2. The molecule has 2 aromatic heterocycles. The Kier molecular flexibility index (Phi) is 10.5. The molecule has 1 saturated heterocycles. The van der Waals surface area contributed by atoms with Crippen molar-refractivity contribution in [3.05, 3.63) is 70.3 Å². The van der Waals surface area contributed by atoms with Crippen molar-refractivity contribution in [1.29, 1.82) is 0 Å². The number of nitrogens with one attached hydrogen (secondary N) is 1. The number of ether oxygens (including phenoxy) is 1. The summed E-state index contributed by atoms with van der Waals surface area (Å²) < 4.78 is 7.57. The first-order valence-electron chi connectivity index (χ1n) is 14.2. The molecule has 2 amide bonds. The number of benzene rings is 2. The summed E-state index contributed by atoms with van der Waals surface area (Å²) in [6, 6.07) is 11.7. The van der Waals surface area contributed by atoms with Crippen LogP contribution in [0.25, 0.3) is 16.2 Å². The highest BCUT2D eigenvalue weighted by atomic mass is 35.5. The molecule has 1 aliphatic rings. The minimum absolute atomic E-state index is 0.115. The second-order valence-corrected chi connectivity index (χ2v) is 12.1. The van der Waals surface area contributed by atoms with Crippen LogP contribution >= 0.6 is 22.9 Å². The van der Waals surface area contributed by atoms with E-state index in [4.69, 9.17) is 21.3 Å². The molecule has 0 unspecified atom stereocenters. The molecule has 0 atom stereocenters. The SMILES string of the molecule is CC.CC(C)(C)OC(=O)N1CCN(Cc2csc3nc(-c4ccccc4NC(=O)c4ccc(B(O)O)cc4Cl)cn23)CC1. The first-order chi connectivity index (χ1) is 20.5. The van der Waals surface area contributed by atoms with E-state index in [2.05, 4.69) is 20.0 Å². The van der Waals surface area contributed by atoms with E-state index in [1.165, 1.54) is 18.2 Å². The molecule has 0 spiro atoms. The van der Waals surface area contributed by atoms with Gasteiger partial charge in [0.05, 0.1) is 22.0 Å². The van der Waals surface area contributed by atoms with E-state index in [1.54, 1.807) is 22.3 Å². The normalized spacial score (nSPS) is 13.8. The van der Waals surface area contributed by atoms with Crippen molar-refractivity contribution in [2.45, 2.75) is 46.8 Å². The molecule has 3 N–H and O–H groups in total. The summed E-state index contributed by atoms with van der Waals surface area (Å²) in [7, 11) is -1.67. The van der Waals surface area contributed by atoms with Crippen LogP contribution < -0.4 is 10.8 Å². The van der Waals surface area contributed by atoms with Crippen molar-refractivity contribution < 1.29 is 24.4 Å². The van der Waals surface area contributed by atoms with Gasteiger partial charge < -0.3 is 25.0 Å². The van der Waals surface area contributed by atoms with Crippen molar-refractivity contribution in [2.75, 3.05) is 31.5 Å². The Bertz CT molecular complexity index is 1580. The lowest BCUT2D eigenvalue weighted by Gasteiger charge is -2.35. The number of rotatable bonds is 6. The van der Waals surface area contributed by atoms with Crippen LogP contribution in [0.2, 0.25) is 5.02 Å². The van der Waals surface area contributed by atoms with E-state index < -0.39 is 18.6 Å². The summed E-state index contributed by atoms with van der Waals surface area (Å²) in [6.07, 6.45) is 1.69. The average molecular weight is 626 g/mol. The third-order valence-electron chi connectivity index (χ3n) is 6.68. The van der Waals surface area contributed by atoms with Gasteiger partial charge in [0.2, 0.25) is 0 Å². The molecule has 10 nitrogen and oxygen atoms in total. The highest BCUT2D eigenvalue weighted by Gasteiger charge is 2.26. The predicted octanol–water partition coefficient (Wildman–Crippen LogP) is 4.73. The number of carbonyl (C=O) groups excluding carboxylic acids is 2. The van der Waals surface area contributed by atoms with Crippen molar-refractivity contribution in [2.24, 2.45) is 0 Å². The molecule has 4 aromatic rings. The molecule has 228 valence electrons. The Morgan fingerprint density at radius 1 is 1.09 bits per heavy atom. The van der Waals surface area contributed by atoms with Gasteiger partial charge in [0.15, 0.2) is 4.96 Å². The molecule has 13 heteroatoms. The topological polar surface area (TPSA) is 120 Å². The van der Waals surface area contributed by atoms with Crippen LogP contribution in [0.15, 0.2) is 54.0 Å². The molecular formula is C30H37BClN5O5S. The van der Waals surface area contributed by atoms with Gasteiger partial charge in [0.25, 0.3) is 5.91 Å². The molecule has 5 rings (SSSR count). The number of nitrogens with zero attached hydrogens (tertiary/aromatic N) is 4. The summed E-state index contributed by atoms with van der Waals surface area (Å²) >= 11 is 7.80. The van der Waals surface area contributed by atoms with Crippen molar-refractivity contribution >= 4 is 58.2 Å². The van der Waals surface area contributed by atoms with Crippen molar-refractivity contribution in [3.63, 3.8) is 0 Å². The van der Waals surface area contributed by atoms with Crippen LogP contribution in [0.5, 0.6) is 0 Å². The van der Waals surface area contributed by atoms with Gasteiger partial charge in [-0.15, -0.1) is 11.3 Å². The monoisotopic (exact) mass is 625 g/mol. The largest absolute Gasteiger partial charge is 0.488 e. The zero-order valence-electron chi connectivity index (χ0n) is 25.0. The lowest BCUT2D eigenvalue weighted by atomic mass is 9.80. The number of fused-ring (bicyclic) bond motifs is 1.